The second-order valence-electron chi connectivity index (χ2n) is 5.67. The summed E-state index contributed by atoms with van der Waals surface area (Å²) < 4.78 is 5.28. The van der Waals surface area contributed by atoms with Crippen molar-refractivity contribution in [2.24, 2.45) is 0 Å². The molecule has 2 aromatic rings. The maximum Gasteiger partial charge on any atom is 0.256 e. The number of carbonyl (C=O) groups excluding carboxylic acids is 1. The summed E-state index contributed by atoms with van der Waals surface area (Å²) in [6, 6.07) is 6.17. The van der Waals surface area contributed by atoms with Crippen LogP contribution in [-0.4, -0.2) is 35.5 Å². The van der Waals surface area contributed by atoms with E-state index >= 15 is 0 Å². The fourth-order valence-electron chi connectivity index (χ4n) is 3.25. The number of nitrogens with zero attached hydrogens (tertiary/aromatic N) is 1. The minimum absolute atomic E-state index is 0.140. The van der Waals surface area contributed by atoms with E-state index in [0.717, 1.165) is 48.0 Å². The van der Waals surface area contributed by atoms with Gasteiger partial charge in [0.15, 0.2) is 0 Å². The van der Waals surface area contributed by atoms with Gasteiger partial charge in [0.1, 0.15) is 5.75 Å². The molecule has 0 saturated carbocycles. The highest BCUT2D eigenvalue weighted by Crippen LogP contribution is 2.27. The van der Waals surface area contributed by atoms with Crippen LogP contribution >= 0.6 is 0 Å². The molecule has 1 N–H and O–H groups in total. The topological polar surface area (TPSA) is 45.3 Å². The van der Waals surface area contributed by atoms with Gasteiger partial charge in [0, 0.05) is 29.7 Å². The van der Waals surface area contributed by atoms with Crippen LogP contribution in [0, 0.1) is 0 Å². The van der Waals surface area contributed by atoms with Crippen LogP contribution in [-0.2, 0) is 0 Å². The maximum absolute atomic E-state index is 12.9. The Hall–Kier alpha value is -1.97. The fraction of sp³-hybridized carbons (Fsp3) is 0.471. The Balaban J connectivity index is 1.97. The largest absolute Gasteiger partial charge is 0.497 e. The normalized spacial score (nSPS) is 19.0. The van der Waals surface area contributed by atoms with Gasteiger partial charge >= 0.3 is 0 Å². The first kappa shape index (κ1) is 14.0. The van der Waals surface area contributed by atoms with Gasteiger partial charge in [-0.25, -0.2) is 0 Å². The molecule has 1 aliphatic heterocycles. The highest BCUT2D eigenvalue weighted by atomic mass is 16.5. The number of H-pyrrole nitrogens is 1. The number of methoxy groups -OCH3 is 1. The van der Waals surface area contributed by atoms with E-state index in [4.69, 9.17) is 4.74 Å². The number of fused-ring (bicyclic) bond motifs is 1. The summed E-state index contributed by atoms with van der Waals surface area (Å²) in [6.07, 6.45) is 6.30. The Morgan fingerprint density at radius 1 is 1.43 bits per heavy atom. The minimum atomic E-state index is 0.140. The zero-order valence-corrected chi connectivity index (χ0v) is 12.7. The van der Waals surface area contributed by atoms with Gasteiger partial charge in [-0.1, -0.05) is 6.92 Å². The molecule has 1 aromatic carbocycles. The smallest absolute Gasteiger partial charge is 0.256 e. The molecule has 2 heterocycles. The third-order valence-corrected chi connectivity index (χ3v) is 4.48. The molecule has 112 valence electrons. The van der Waals surface area contributed by atoms with E-state index in [-0.39, 0.29) is 5.91 Å². The highest BCUT2D eigenvalue weighted by molar-refractivity contribution is 6.07. The summed E-state index contributed by atoms with van der Waals surface area (Å²) in [6.45, 7) is 3.03. The van der Waals surface area contributed by atoms with Gasteiger partial charge in [0.05, 0.1) is 12.7 Å². The van der Waals surface area contributed by atoms with E-state index in [0.29, 0.717) is 6.04 Å². The average molecular weight is 286 g/mol. The lowest BCUT2D eigenvalue weighted by molar-refractivity contribution is 0.0610. The summed E-state index contributed by atoms with van der Waals surface area (Å²) in [5.74, 6) is 0.919. The molecule has 1 unspecified atom stereocenters. The van der Waals surface area contributed by atoms with Crippen molar-refractivity contribution >= 4 is 16.8 Å². The molecule has 1 atom stereocenters. The molecule has 4 nitrogen and oxygen atoms in total. The molecule has 1 fully saturated rings. The summed E-state index contributed by atoms with van der Waals surface area (Å²) in [4.78, 5) is 18.1. The van der Waals surface area contributed by atoms with Gasteiger partial charge in [0.25, 0.3) is 5.91 Å². The summed E-state index contributed by atoms with van der Waals surface area (Å²) in [7, 11) is 1.65. The molecule has 0 bridgehead atoms. The molecule has 1 aromatic heterocycles. The summed E-state index contributed by atoms with van der Waals surface area (Å²) in [5, 5.41) is 0.944. The van der Waals surface area contributed by atoms with Crippen LogP contribution in [0.3, 0.4) is 0 Å². The van der Waals surface area contributed by atoms with Crippen LogP contribution in [0.1, 0.15) is 43.0 Å². The lowest BCUT2D eigenvalue weighted by Crippen LogP contribution is -2.43. The number of carbonyl (C=O) groups is 1. The third-order valence-electron chi connectivity index (χ3n) is 4.48. The van der Waals surface area contributed by atoms with Crippen LogP contribution in [0.2, 0.25) is 0 Å². The Labute approximate surface area is 125 Å². The van der Waals surface area contributed by atoms with E-state index in [9.17, 15) is 4.79 Å². The van der Waals surface area contributed by atoms with Crippen molar-refractivity contribution in [3.8, 4) is 5.75 Å². The quantitative estimate of drug-likeness (QED) is 0.937. The first-order chi connectivity index (χ1) is 10.2. The molecule has 4 heteroatoms. The average Bonchev–Trinajstić information content (AvgIpc) is 2.97. The standard InChI is InChI=1S/C17H22N2O2/c1-3-12-6-4-5-9-19(12)17(20)15-11-18-16-8-7-13(21-2)10-14(15)16/h7-8,10-12,18H,3-6,9H2,1-2H3. The second kappa shape index (κ2) is 5.80. The Morgan fingerprint density at radius 3 is 3.05 bits per heavy atom. The number of piperidine rings is 1. The Morgan fingerprint density at radius 2 is 2.29 bits per heavy atom. The van der Waals surface area contributed by atoms with Gasteiger partial charge in [-0.05, 0) is 43.9 Å². The lowest BCUT2D eigenvalue weighted by atomic mass is 9.99. The zero-order valence-electron chi connectivity index (χ0n) is 12.7. The van der Waals surface area contributed by atoms with Gasteiger partial charge in [-0.2, -0.15) is 0 Å². The number of likely N-dealkylation sites (tertiary alicyclic amines) is 1. The van der Waals surface area contributed by atoms with Crippen LogP contribution in [0.4, 0.5) is 0 Å². The third kappa shape index (κ3) is 2.50. The number of hydrogen-bond donors (Lipinski definition) is 1. The van der Waals surface area contributed by atoms with E-state index in [1.807, 2.05) is 29.3 Å². The number of ether oxygens (including phenoxy) is 1. The van der Waals surface area contributed by atoms with Crippen molar-refractivity contribution in [2.45, 2.75) is 38.6 Å². The maximum atomic E-state index is 12.9. The van der Waals surface area contributed by atoms with Gasteiger partial charge in [0.2, 0.25) is 0 Å². The SMILES string of the molecule is CCC1CCCCN1C(=O)c1c[nH]c2ccc(OC)cc12. The molecule has 0 spiro atoms. The second-order valence-corrected chi connectivity index (χ2v) is 5.67. The van der Waals surface area contributed by atoms with Crippen molar-refractivity contribution in [3.63, 3.8) is 0 Å². The van der Waals surface area contributed by atoms with Crippen LogP contribution < -0.4 is 4.74 Å². The number of rotatable bonds is 3. The van der Waals surface area contributed by atoms with Crippen molar-refractivity contribution in [3.05, 3.63) is 30.0 Å². The number of benzene rings is 1. The van der Waals surface area contributed by atoms with Crippen molar-refractivity contribution in [1.82, 2.24) is 9.88 Å². The zero-order chi connectivity index (χ0) is 14.8. The molecular formula is C17H22N2O2. The van der Waals surface area contributed by atoms with E-state index in [1.54, 1.807) is 7.11 Å². The van der Waals surface area contributed by atoms with E-state index in [1.165, 1.54) is 6.42 Å². The summed E-state index contributed by atoms with van der Waals surface area (Å²) >= 11 is 0. The Kier molecular flexibility index (Phi) is 3.86. The number of aromatic nitrogens is 1. The molecule has 3 rings (SSSR count). The van der Waals surface area contributed by atoms with Crippen molar-refractivity contribution in [1.29, 1.82) is 0 Å². The van der Waals surface area contributed by atoms with Crippen molar-refractivity contribution < 1.29 is 9.53 Å². The lowest BCUT2D eigenvalue weighted by Gasteiger charge is -2.35. The predicted molar refractivity (Wildman–Crippen MR) is 83.8 cm³/mol. The number of aromatic amines is 1. The Bertz CT molecular complexity index is 647. The first-order valence-corrected chi connectivity index (χ1v) is 7.70. The highest BCUT2D eigenvalue weighted by Gasteiger charge is 2.27. The molecule has 1 saturated heterocycles. The fourth-order valence-corrected chi connectivity index (χ4v) is 3.25. The van der Waals surface area contributed by atoms with E-state index in [2.05, 4.69) is 11.9 Å². The minimum Gasteiger partial charge on any atom is -0.497 e. The van der Waals surface area contributed by atoms with Gasteiger partial charge in [-0.3, -0.25) is 4.79 Å². The van der Waals surface area contributed by atoms with Crippen molar-refractivity contribution in [2.75, 3.05) is 13.7 Å². The van der Waals surface area contributed by atoms with Gasteiger partial charge < -0.3 is 14.6 Å². The summed E-state index contributed by atoms with van der Waals surface area (Å²) in [5.41, 5.74) is 1.73. The van der Waals surface area contributed by atoms with Crippen LogP contribution in [0.15, 0.2) is 24.4 Å². The molecule has 1 aliphatic rings. The van der Waals surface area contributed by atoms with Crippen LogP contribution in [0.5, 0.6) is 5.75 Å². The van der Waals surface area contributed by atoms with E-state index < -0.39 is 0 Å². The molecular weight excluding hydrogens is 264 g/mol. The predicted octanol–water partition coefficient (Wildman–Crippen LogP) is 3.58. The number of hydrogen-bond acceptors (Lipinski definition) is 2. The number of amides is 1. The molecule has 0 aliphatic carbocycles. The first-order valence-electron chi connectivity index (χ1n) is 7.70. The van der Waals surface area contributed by atoms with Gasteiger partial charge in [-0.15, -0.1) is 0 Å². The monoisotopic (exact) mass is 286 g/mol. The number of nitrogens with one attached hydrogen (secondary N) is 1. The van der Waals surface area contributed by atoms with Crippen LogP contribution in [0.25, 0.3) is 10.9 Å². The molecule has 21 heavy (non-hydrogen) atoms. The molecule has 1 amide bonds. The molecule has 0 radical (unpaired) electrons.